The Hall–Kier alpha value is -0.860. The molecule has 0 saturated carbocycles. The molecule has 0 unspecified atom stereocenters. The molecule has 0 radical (unpaired) electrons. The Morgan fingerprint density at radius 3 is 2.80 bits per heavy atom. The molecule has 2 rings (SSSR count). The van der Waals surface area contributed by atoms with Gasteiger partial charge in [0.25, 0.3) is 0 Å². The van der Waals surface area contributed by atoms with Gasteiger partial charge in [-0.3, -0.25) is 4.90 Å². The average Bonchev–Trinajstić information content (AvgIpc) is 2.27. The van der Waals surface area contributed by atoms with Crippen LogP contribution in [0.3, 0.4) is 0 Å². The van der Waals surface area contributed by atoms with Crippen molar-refractivity contribution in [3.05, 3.63) is 34.9 Å². The summed E-state index contributed by atoms with van der Waals surface area (Å²) >= 11 is 0. The summed E-state index contributed by atoms with van der Waals surface area (Å²) in [4.78, 5) is 2.48. The fourth-order valence-electron chi connectivity index (χ4n) is 2.17. The first-order valence-electron chi connectivity index (χ1n) is 5.66. The largest absolute Gasteiger partial charge is 0.392 e. The van der Waals surface area contributed by atoms with E-state index in [9.17, 15) is 0 Å². The van der Waals surface area contributed by atoms with Crippen molar-refractivity contribution < 1.29 is 5.11 Å². The fraction of sp³-hybridized carbons (Fsp3) is 0.538. The van der Waals surface area contributed by atoms with Crippen LogP contribution in [-0.4, -0.2) is 22.6 Å². The summed E-state index contributed by atoms with van der Waals surface area (Å²) < 4.78 is 0. The van der Waals surface area contributed by atoms with Crippen LogP contribution in [-0.2, 0) is 19.6 Å². The van der Waals surface area contributed by atoms with E-state index in [1.54, 1.807) is 0 Å². The number of benzene rings is 1. The smallest absolute Gasteiger partial charge is 0.0681 e. The Labute approximate surface area is 91.5 Å². The van der Waals surface area contributed by atoms with Crippen molar-refractivity contribution in [2.45, 2.75) is 39.5 Å². The van der Waals surface area contributed by atoms with Gasteiger partial charge in [0.1, 0.15) is 0 Å². The molecular weight excluding hydrogens is 186 g/mol. The second-order valence-electron chi connectivity index (χ2n) is 4.58. The first kappa shape index (κ1) is 10.7. The summed E-state index contributed by atoms with van der Waals surface area (Å²) in [5.41, 5.74) is 3.87. The molecule has 1 heterocycles. The maximum absolute atomic E-state index is 9.10. The maximum Gasteiger partial charge on any atom is 0.0681 e. The van der Waals surface area contributed by atoms with Gasteiger partial charge in [0.05, 0.1) is 6.61 Å². The molecule has 1 aliphatic heterocycles. The first-order valence-corrected chi connectivity index (χ1v) is 5.66. The van der Waals surface area contributed by atoms with Gasteiger partial charge in [-0.05, 0) is 37.0 Å². The summed E-state index contributed by atoms with van der Waals surface area (Å²) in [5.74, 6) is 0. The van der Waals surface area contributed by atoms with Crippen molar-refractivity contribution in [3.8, 4) is 0 Å². The maximum atomic E-state index is 9.10. The van der Waals surface area contributed by atoms with E-state index >= 15 is 0 Å². The van der Waals surface area contributed by atoms with Gasteiger partial charge >= 0.3 is 0 Å². The molecule has 0 atom stereocenters. The van der Waals surface area contributed by atoms with Crippen molar-refractivity contribution in [2.24, 2.45) is 0 Å². The molecule has 1 N–H and O–H groups in total. The number of hydrogen-bond donors (Lipinski definition) is 1. The monoisotopic (exact) mass is 205 g/mol. The lowest BCUT2D eigenvalue weighted by Crippen LogP contribution is -2.35. The van der Waals surface area contributed by atoms with Crippen LogP contribution >= 0.6 is 0 Å². The zero-order chi connectivity index (χ0) is 10.8. The summed E-state index contributed by atoms with van der Waals surface area (Å²) in [5, 5.41) is 9.10. The summed E-state index contributed by atoms with van der Waals surface area (Å²) in [6, 6.07) is 6.95. The van der Waals surface area contributed by atoms with E-state index < -0.39 is 0 Å². The third-order valence-corrected chi connectivity index (χ3v) is 3.23. The predicted molar refractivity (Wildman–Crippen MR) is 61.6 cm³/mol. The van der Waals surface area contributed by atoms with E-state index in [0.717, 1.165) is 25.1 Å². The zero-order valence-corrected chi connectivity index (χ0v) is 9.53. The number of nitrogens with zero attached hydrogens (tertiary/aromatic N) is 1. The molecule has 0 saturated heterocycles. The SMILES string of the molecule is CC(C)N1CCc2ccc(CO)cc2C1. The molecule has 2 heteroatoms. The molecule has 1 aromatic rings. The Morgan fingerprint density at radius 2 is 2.13 bits per heavy atom. The number of rotatable bonds is 2. The first-order chi connectivity index (χ1) is 7.20. The van der Waals surface area contributed by atoms with Gasteiger partial charge < -0.3 is 5.11 Å². The lowest BCUT2D eigenvalue weighted by atomic mass is 9.97. The molecular formula is C13H19NO. The van der Waals surface area contributed by atoms with Gasteiger partial charge in [-0.25, -0.2) is 0 Å². The molecule has 0 spiro atoms. The van der Waals surface area contributed by atoms with E-state index in [4.69, 9.17) is 5.11 Å². The second kappa shape index (κ2) is 4.33. The van der Waals surface area contributed by atoms with Gasteiger partial charge in [-0.2, -0.15) is 0 Å². The highest BCUT2D eigenvalue weighted by atomic mass is 16.3. The van der Waals surface area contributed by atoms with E-state index in [2.05, 4.69) is 30.9 Å². The molecule has 82 valence electrons. The van der Waals surface area contributed by atoms with Crippen molar-refractivity contribution in [1.82, 2.24) is 4.90 Å². The number of fused-ring (bicyclic) bond motifs is 1. The third kappa shape index (κ3) is 2.21. The molecule has 1 aliphatic rings. The highest BCUT2D eigenvalue weighted by Crippen LogP contribution is 2.21. The Morgan fingerprint density at radius 1 is 1.33 bits per heavy atom. The lowest BCUT2D eigenvalue weighted by molar-refractivity contribution is 0.203. The minimum atomic E-state index is 0.148. The molecule has 0 aromatic heterocycles. The number of hydrogen-bond acceptors (Lipinski definition) is 2. The van der Waals surface area contributed by atoms with Gasteiger partial charge in [0.15, 0.2) is 0 Å². The summed E-state index contributed by atoms with van der Waals surface area (Å²) in [6.07, 6.45) is 1.14. The third-order valence-electron chi connectivity index (χ3n) is 3.23. The topological polar surface area (TPSA) is 23.5 Å². The standard InChI is InChI=1S/C13H19NO/c1-10(2)14-6-5-12-4-3-11(9-15)7-13(12)8-14/h3-4,7,10,15H,5-6,8-9H2,1-2H3. The van der Waals surface area contributed by atoms with Crippen LogP contribution in [0.4, 0.5) is 0 Å². The predicted octanol–water partition coefficient (Wildman–Crippen LogP) is 1.95. The van der Waals surface area contributed by atoms with Gasteiger partial charge in [0, 0.05) is 19.1 Å². The average molecular weight is 205 g/mol. The van der Waals surface area contributed by atoms with Crippen LogP contribution < -0.4 is 0 Å². The molecule has 0 bridgehead atoms. The normalized spacial score (nSPS) is 16.8. The molecule has 0 aliphatic carbocycles. The zero-order valence-electron chi connectivity index (χ0n) is 9.53. The molecule has 2 nitrogen and oxygen atoms in total. The van der Waals surface area contributed by atoms with Crippen LogP contribution in [0.1, 0.15) is 30.5 Å². The van der Waals surface area contributed by atoms with Crippen LogP contribution in [0.15, 0.2) is 18.2 Å². The highest BCUT2D eigenvalue weighted by molar-refractivity contribution is 5.33. The second-order valence-corrected chi connectivity index (χ2v) is 4.58. The molecule has 0 amide bonds. The highest BCUT2D eigenvalue weighted by Gasteiger charge is 2.18. The Bertz CT molecular complexity index is 346. The van der Waals surface area contributed by atoms with Crippen LogP contribution in [0.25, 0.3) is 0 Å². The molecule has 0 fully saturated rings. The van der Waals surface area contributed by atoms with E-state index in [-0.39, 0.29) is 6.61 Å². The number of aliphatic hydroxyl groups is 1. The van der Waals surface area contributed by atoms with Gasteiger partial charge in [-0.1, -0.05) is 18.2 Å². The van der Waals surface area contributed by atoms with Crippen LogP contribution in [0.5, 0.6) is 0 Å². The lowest BCUT2D eigenvalue weighted by Gasteiger charge is -2.32. The molecule has 1 aromatic carbocycles. The van der Waals surface area contributed by atoms with Crippen molar-refractivity contribution >= 4 is 0 Å². The van der Waals surface area contributed by atoms with Gasteiger partial charge in [0.2, 0.25) is 0 Å². The van der Waals surface area contributed by atoms with Crippen molar-refractivity contribution in [2.75, 3.05) is 6.54 Å². The summed E-state index contributed by atoms with van der Waals surface area (Å²) in [6.45, 7) is 6.81. The number of aliphatic hydroxyl groups excluding tert-OH is 1. The van der Waals surface area contributed by atoms with Crippen molar-refractivity contribution in [1.29, 1.82) is 0 Å². The Kier molecular flexibility index (Phi) is 3.08. The van der Waals surface area contributed by atoms with Crippen molar-refractivity contribution in [3.63, 3.8) is 0 Å². The minimum absolute atomic E-state index is 0.148. The molecule has 15 heavy (non-hydrogen) atoms. The van der Waals surface area contributed by atoms with E-state index in [0.29, 0.717) is 6.04 Å². The van der Waals surface area contributed by atoms with E-state index in [1.165, 1.54) is 11.1 Å². The van der Waals surface area contributed by atoms with Crippen LogP contribution in [0, 0.1) is 0 Å². The van der Waals surface area contributed by atoms with Gasteiger partial charge in [-0.15, -0.1) is 0 Å². The summed E-state index contributed by atoms with van der Waals surface area (Å²) in [7, 11) is 0. The van der Waals surface area contributed by atoms with E-state index in [1.807, 2.05) is 6.07 Å². The quantitative estimate of drug-likeness (QED) is 0.797. The fourth-order valence-corrected chi connectivity index (χ4v) is 2.17. The minimum Gasteiger partial charge on any atom is -0.392 e. The van der Waals surface area contributed by atoms with Crippen LogP contribution in [0.2, 0.25) is 0 Å². The Balaban J connectivity index is 2.23.